The summed E-state index contributed by atoms with van der Waals surface area (Å²) in [6, 6.07) is 20.4. The quantitative estimate of drug-likeness (QED) is 0.779. The van der Waals surface area contributed by atoms with Gasteiger partial charge in [0.2, 0.25) is 0 Å². The van der Waals surface area contributed by atoms with Gasteiger partial charge in [-0.2, -0.15) is 8.42 Å². The molecular formula is C19H22O4S. The predicted octanol–water partition coefficient (Wildman–Crippen LogP) is 3.34. The van der Waals surface area contributed by atoms with Crippen molar-refractivity contribution in [3.8, 4) is 0 Å². The van der Waals surface area contributed by atoms with Gasteiger partial charge in [-0.05, 0) is 17.5 Å². The van der Waals surface area contributed by atoms with Crippen LogP contribution in [-0.4, -0.2) is 33.5 Å². The van der Waals surface area contributed by atoms with Crippen LogP contribution in [0.25, 0.3) is 0 Å². The van der Waals surface area contributed by atoms with E-state index in [1.165, 1.54) is 0 Å². The van der Waals surface area contributed by atoms with Gasteiger partial charge in [-0.1, -0.05) is 60.7 Å². The molecule has 0 unspecified atom stereocenters. The van der Waals surface area contributed by atoms with Crippen molar-refractivity contribution in [2.75, 3.05) is 12.9 Å². The van der Waals surface area contributed by atoms with E-state index in [-0.39, 0.29) is 18.1 Å². The second-order valence-corrected chi connectivity index (χ2v) is 7.76. The van der Waals surface area contributed by atoms with E-state index >= 15 is 0 Å². The van der Waals surface area contributed by atoms with Crippen LogP contribution in [-0.2, 0) is 19.0 Å². The van der Waals surface area contributed by atoms with Crippen LogP contribution >= 0.6 is 0 Å². The second-order valence-electron chi connectivity index (χ2n) is 6.16. The van der Waals surface area contributed by atoms with Gasteiger partial charge in [-0.3, -0.25) is 4.18 Å². The molecule has 128 valence electrons. The molecule has 1 fully saturated rings. The lowest BCUT2D eigenvalue weighted by Gasteiger charge is -2.34. The van der Waals surface area contributed by atoms with Gasteiger partial charge >= 0.3 is 0 Å². The molecule has 1 aliphatic rings. The summed E-state index contributed by atoms with van der Waals surface area (Å²) < 4.78 is 34.1. The summed E-state index contributed by atoms with van der Waals surface area (Å²) in [6.45, 7) is 0.501. The van der Waals surface area contributed by atoms with Crippen molar-refractivity contribution in [2.24, 2.45) is 0 Å². The van der Waals surface area contributed by atoms with Gasteiger partial charge in [-0.15, -0.1) is 0 Å². The molecule has 3 rings (SSSR count). The normalized spacial score (nSPS) is 21.8. The minimum atomic E-state index is -3.46. The van der Waals surface area contributed by atoms with Crippen molar-refractivity contribution >= 4 is 10.1 Å². The fourth-order valence-electron chi connectivity index (χ4n) is 3.31. The van der Waals surface area contributed by atoms with Gasteiger partial charge in [0.25, 0.3) is 10.1 Å². The summed E-state index contributed by atoms with van der Waals surface area (Å²) in [5, 5.41) is 0. The second kappa shape index (κ2) is 7.47. The van der Waals surface area contributed by atoms with Crippen molar-refractivity contribution < 1.29 is 17.3 Å². The van der Waals surface area contributed by atoms with Crippen molar-refractivity contribution in [3.63, 3.8) is 0 Å². The Labute approximate surface area is 143 Å². The van der Waals surface area contributed by atoms with Crippen LogP contribution in [0.5, 0.6) is 0 Å². The van der Waals surface area contributed by atoms with Crippen LogP contribution in [0, 0.1) is 0 Å². The molecule has 0 aromatic heterocycles. The van der Waals surface area contributed by atoms with Crippen LogP contribution in [0.1, 0.15) is 29.9 Å². The van der Waals surface area contributed by atoms with Crippen LogP contribution in [0.3, 0.4) is 0 Å². The molecule has 0 N–H and O–H groups in total. The molecule has 5 heteroatoms. The van der Waals surface area contributed by atoms with Gasteiger partial charge in [0.15, 0.2) is 0 Å². The van der Waals surface area contributed by atoms with Crippen molar-refractivity contribution in [1.29, 1.82) is 0 Å². The molecule has 0 radical (unpaired) electrons. The molecular weight excluding hydrogens is 324 g/mol. The fraction of sp³-hybridized carbons (Fsp3) is 0.368. The number of ether oxygens (including phenoxy) is 1. The first-order valence-electron chi connectivity index (χ1n) is 8.13. The minimum absolute atomic E-state index is 0.0540. The van der Waals surface area contributed by atoms with E-state index < -0.39 is 10.1 Å². The number of hydrogen-bond acceptors (Lipinski definition) is 4. The first kappa shape index (κ1) is 17.1. The predicted molar refractivity (Wildman–Crippen MR) is 93.4 cm³/mol. The summed E-state index contributed by atoms with van der Waals surface area (Å²) in [5.41, 5.74) is 2.32. The minimum Gasteiger partial charge on any atom is -0.377 e. The molecule has 0 amide bonds. The highest BCUT2D eigenvalue weighted by Crippen LogP contribution is 2.35. The molecule has 0 spiro atoms. The first-order chi connectivity index (χ1) is 11.5. The fourth-order valence-corrected chi connectivity index (χ4v) is 3.97. The van der Waals surface area contributed by atoms with Gasteiger partial charge in [0, 0.05) is 18.9 Å². The topological polar surface area (TPSA) is 52.6 Å². The van der Waals surface area contributed by atoms with Gasteiger partial charge in [-0.25, -0.2) is 0 Å². The lowest BCUT2D eigenvalue weighted by molar-refractivity contribution is -0.0397. The standard InChI is InChI=1S/C19H22O4S/c1-24(20,21)23-17-12-13-22-18(14-17)19(15-8-4-2-5-9-15)16-10-6-3-7-11-16/h2-11,17-19H,12-14H2,1H3/t17-,18+/m0/s1. The molecule has 2 aromatic rings. The third-order valence-corrected chi connectivity index (χ3v) is 4.89. The molecule has 0 bridgehead atoms. The monoisotopic (exact) mass is 346 g/mol. The highest BCUT2D eigenvalue weighted by Gasteiger charge is 2.33. The van der Waals surface area contributed by atoms with Crippen LogP contribution < -0.4 is 0 Å². The van der Waals surface area contributed by atoms with Crippen molar-refractivity contribution in [3.05, 3.63) is 71.8 Å². The van der Waals surface area contributed by atoms with E-state index in [1.54, 1.807) is 0 Å². The zero-order valence-corrected chi connectivity index (χ0v) is 14.5. The molecule has 0 saturated carbocycles. The maximum absolute atomic E-state index is 11.5. The SMILES string of the molecule is CS(=O)(=O)O[C@H]1CCO[C@@H](C(c2ccccc2)c2ccccc2)C1. The van der Waals surface area contributed by atoms with E-state index in [4.69, 9.17) is 8.92 Å². The Morgan fingerprint density at radius 2 is 1.54 bits per heavy atom. The molecule has 24 heavy (non-hydrogen) atoms. The Morgan fingerprint density at radius 3 is 2.04 bits per heavy atom. The van der Waals surface area contributed by atoms with Gasteiger partial charge < -0.3 is 4.74 Å². The number of hydrogen-bond donors (Lipinski definition) is 0. The van der Waals surface area contributed by atoms with Crippen molar-refractivity contribution in [2.45, 2.75) is 31.0 Å². The Hall–Kier alpha value is -1.69. The van der Waals surface area contributed by atoms with Crippen LogP contribution in [0.4, 0.5) is 0 Å². The summed E-state index contributed by atoms with van der Waals surface area (Å²) in [7, 11) is -3.46. The third kappa shape index (κ3) is 4.44. The summed E-state index contributed by atoms with van der Waals surface area (Å²) >= 11 is 0. The Kier molecular flexibility index (Phi) is 5.33. The lowest BCUT2D eigenvalue weighted by Crippen LogP contribution is -2.36. The summed E-state index contributed by atoms with van der Waals surface area (Å²) in [5.74, 6) is 0.0540. The van der Waals surface area contributed by atoms with E-state index in [2.05, 4.69) is 24.3 Å². The lowest BCUT2D eigenvalue weighted by atomic mass is 9.83. The first-order valence-corrected chi connectivity index (χ1v) is 9.94. The highest BCUT2D eigenvalue weighted by atomic mass is 32.2. The summed E-state index contributed by atoms with van der Waals surface area (Å²) in [4.78, 5) is 0. The molecule has 0 aliphatic carbocycles. The zero-order chi connectivity index (χ0) is 17.0. The van der Waals surface area contributed by atoms with Gasteiger partial charge in [0.1, 0.15) is 0 Å². The molecule has 1 saturated heterocycles. The van der Waals surface area contributed by atoms with E-state index in [0.29, 0.717) is 19.4 Å². The van der Waals surface area contributed by atoms with Crippen LogP contribution in [0.2, 0.25) is 0 Å². The largest absolute Gasteiger partial charge is 0.377 e. The molecule has 2 atom stereocenters. The van der Waals surface area contributed by atoms with Crippen LogP contribution in [0.15, 0.2) is 60.7 Å². The number of rotatable bonds is 5. The van der Waals surface area contributed by atoms with E-state index in [0.717, 1.165) is 17.4 Å². The Morgan fingerprint density at radius 1 is 1.00 bits per heavy atom. The highest BCUT2D eigenvalue weighted by molar-refractivity contribution is 7.86. The third-order valence-electron chi connectivity index (χ3n) is 4.27. The molecule has 1 aliphatic heterocycles. The maximum Gasteiger partial charge on any atom is 0.264 e. The average molecular weight is 346 g/mol. The Bertz CT molecular complexity index is 704. The smallest absolute Gasteiger partial charge is 0.264 e. The van der Waals surface area contributed by atoms with E-state index in [9.17, 15) is 8.42 Å². The molecule has 2 aromatic carbocycles. The molecule has 1 heterocycles. The van der Waals surface area contributed by atoms with Crippen molar-refractivity contribution in [1.82, 2.24) is 0 Å². The summed E-state index contributed by atoms with van der Waals surface area (Å²) in [6.07, 6.45) is 1.81. The Balaban J connectivity index is 1.88. The number of benzene rings is 2. The average Bonchev–Trinajstić information content (AvgIpc) is 2.56. The van der Waals surface area contributed by atoms with Gasteiger partial charge in [0.05, 0.1) is 18.5 Å². The maximum atomic E-state index is 11.5. The zero-order valence-electron chi connectivity index (χ0n) is 13.7. The molecule has 4 nitrogen and oxygen atoms in total. The van der Waals surface area contributed by atoms with E-state index in [1.807, 2.05) is 36.4 Å².